The Hall–Kier alpha value is -2.33. The molecule has 26 heavy (non-hydrogen) atoms. The van der Waals surface area contributed by atoms with Crippen LogP contribution in [0.25, 0.3) is 0 Å². The van der Waals surface area contributed by atoms with E-state index in [9.17, 15) is 4.79 Å². The molecule has 3 rings (SSSR count). The number of hydrogen-bond donors (Lipinski definition) is 1. The van der Waals surface area contributed by atoms with Gasteiger partial charge in [0.05, 0.1) is 30.0 Å². The summed E-state index contributed by atoms with van der Waals surface area (Å²) >= 11 is 12.1. The summed E-state index contributed by atoms with van der Waals surface area (Å²) in [6, 6.07) is 8.11. The van der Waals surface area contributed by atoms with E-state index in [1.54, 1.807) is 6.07 Å². The zero-order chi connectivity index (χ0) is 18.5. The molecule has 0 atom stereocenters. The third-order valence-electron chi connectivity index (χ3n) is 3.87. The molecular formula is C18H15Cl2N3O3. The van der Waals surface area contributed by atoms with Crippen molar-refractivity contribution in [3.63, 3.8) is 0 Å². The topological polar surface area (TPSA) is 84.2 Å². The molecule has 0 bridgehead atoms. The fourth-order valence-electron chi connectivity index (χ4n) is 2.50. The van der Waals surface area contributed by atoms with Crippen molar-refractivity contribution in [1.82, 2.24) is 4.98 Å². The predicted molar refractivity (Wildman–Crippen MR) is 97.8 cm³/mol. The van der Waals surface area contributed by atoms with Gasteiger partial charge in [-0.2, -0.15) is 5.26 Å². The number of benzene rings is 1. The van der Waals surface area contributed by atoms with Gasteiger partial charge < -0.3 is 14.8 Å². The minimum absolute atomic E-state index is 0.00178. The van der Waals surface area contributed by atoms with Crippen LogP contribution in [0.1, 0.15) is 28.8 Å². The van der Waals surface area contributed by atoms with Gasteiger partial charge in [-0.15, -0.1) is 0 Å². The lowest BCUT2D eigenvalue weighted by Gasteiger charge is -2.23. The molecular weight excluding hydrogens is 377 g/mol. The van der Waals surface area contributed by atoms with E-state index in [2.05, 4.69) is 10.3 Å². The van der Waals surface area contributed by atoms with E-state index in [1.165, 1.54) is 24.4 Å². The van der Waals surface area contributed by atoms with Gasteiger partial charge >= 0.3 is 0 Å². The molecule has 0 saturated carbocycles. The second-order valence-electron chi connectivity index (χ2n) is 5.70. The maximum Gasteiger partial charge on any atom is 0.257 e. The number of carbonyl (C=O) groups excluding carboxylic acids is 1. The van der Waals surface area contributed by atoms with Crippen molar-refractivity contribution in [3.8, 4) is 11.9 Å². The van der Waals surface area contributed by atoms with Gasteiger partial charge in [0.2, 0.25) is 5.88 Å². The molecule has 1 aliphatic rings. The highest BCUT2D eigenvalue weighted by Crippen LogP contribution is 2.26. The molecule has 1 fully saturated rings. The first-order chi connectivity index (χ1) is 12.6. The fourth-order valence-corrected chi connectivity index (χ4v) is 2.88. The van der Waals surface area contributed by atoms with Crippen molar-refractivity contribution >= 4 is 34.8 Å². The van der Waals surface area contributed by atoms with Gasteiger partial charge in [-0.05, 0) is 24.3 Å². The highest BCUT2D eigenvalue weighted by molar-refractivity contribution is 6.32. The van der Waals surface area contributed by atoms with Gasteiger partial charge in [-0.3, -0.25) is 4.79 Å². The van der Waals surface area contributed by atoms with E-state index in [-0.39, 0.29) is 22.6 Å². The van der Waals surface area contributed by atoms with Gasteiger partial charge in [0.15, 0.2) is 0 Å². The number of nitrogens with one attached hydrogen (secondary N) is 1. The summed E-state index contributed by atoms with van der Waals surface area (Å²) in [4.78, 5) is 16.6. The Labute approximate surface area is 160 Å². The summed E-state index contributed by atoms with van der Waals surface area (Å²) in [6.07, 6.45) is 2.92. The number of anilines is 1. The third kappa shape index (κ3) is 4.44. The molecule has 6 nitrogen and oxygen atoms in total. The van der Waals surface area contributed by atoms with Crippen LogP contribution in [0, 0.1) is 11.3 Å². The lowest BCUT2D eigenvalue weighted by atomic mass is 10.1. The van der Waals surface area contributed by atoms with Crippen LogP contribution in [0.3, 0.4) is 0 Å². The Kier molecular flexibility index (Phi) is 5.94. The summed E-state index contributed by atoms with van der Waals surface area (Å²) in [5, 5.41) is 12.4. The van der Waals surface area contributed by atoms with E-state index in [1.807, 2.05) is 6.07 Å². The maximum atomic E-state index is 12.4. The smallest absolute Gasteiger partial charge is 0.257 e. The molecule has 0 spiro atoms. The average Bonchev–Trinajstić information content (AvgIpc) is 2.64. The highest BCUT2D eigenvalue weighted by Gasteiger charge is 2.19. The van der Waals surface area contributed by atoms with Gasteiger partial charge in [0.25, 0.3) is 5.91 Å². The molecule has 1 aromatic heterocycles. The first kappa shape index (κ1) is 18.5. The number of rotatable bonds is 4. The van der Waals surface area contributed by atoms with Crippen molar-refractivity contribution in [2.45, 2.75) is 18.9 Å². The normalized spacial score (nSPS) is 14.5. The van der Waals surface area contributed by atoms with Crippen LogP contribution < -0.4 is 10.1 Å². The Bertz CT molecular complexity index is 861. The summed E-state index contributed by atoms with van der Waals surface area (Å²) in [5.74, 6) is -0.161. The maximum absolute atomic E-state index is 12.4. The van der Waals surface area contributed by atoms with E-state index in [0.29, 0.717) is 29.5 Å². The first-order valence-corrected chi connectivity index (χ1v) is 8.73. The van der Waals surface area contributed by atoms with Crippen LogP contribution in [0.2, 0.25) is 10.0 Å². The van der Waals surface area contributed by atoms with Crippen LogP contribution in [0.4, 0.5) is 5.69 Å². The summed E-state index contributed by atoms with van der Waals surface area (Å²) in [5.41, 5.74) is 0.878. The van der Waals surface area contributed by atoms with Crippen molar-refractivity contribution in [3.05, 3.63) is 51.6 Å². The monoisotopic (exact) mass is 391 g/mol. The number of hydrogen-bond acceptors (Lipinski definition) is 5. The predicted octanol–water partition coefficient (Wildman–Crippen LogP) is 4.07. The van der Waals surface area contributed by atoms with Gasteiger partial charge in [0, 0.05) is 24.1 Å². The molecule has 2 heterocycles. The Balaban J connectivity index is 1.73. The van der Waals surface area contributed by atoms with Crippen molar-refractivity contribution in [1.29, 1.82) is 5.26 Å². The van der Waals surface area contributed by atoms with Gasteiger partial charge in [-0.1, -0.05) is 23.2 Å². The summed E-state index contributed by atoms with van der Waals surface area (Å²) < 4.78 is 11.1. The number of amides is 1. The van der Waals surface area contributed by atoms with Crippen molar-refractivity contribution in [2.75, 3.05) is 18.5 Å². The molecule has 134 valence electrons. The molecule has 2 aromatic rings. The van der Waals surface area contributed by atoms with E-state index >= 15 is 0 Å². The van der Waals surface area contributed by atoms with Crippen LogP contribution in [-0.4, -0.2) is 30.2 Å². The van der Waals surface area contributed by atoms with Gasteiger partial charge in [-0.25, -0.2) is 4.98 Å². The molecule has 8 heteroatoms. The number of nitrogens with zero attached hydrogens (tertiary/aromatic N) is 2. The average molecular weight is 392 g/mol. The number of carbonyl (C=O) groups is 1. The summed E-state index contributed by atoms with van der Waals surface area (Å²) in [7, 11) is 0. The summed E-state index contributed by atoms with van der Waals surface area (Å²) in [6.45, 7) is 1.28. The van der Waals surface area contributed by atoms with Gasteiger partial charge in [0.1, 0.15) is 17.2 Å². The number of aromatic nitrogens is 1. The number of ether oxygens (including phenoxy) is 2. The van der Waals surface area contributed by atoms with E-state index in [4.69, 9.17) is 37.9 Å². The Morgan fingerprint density at radius 2 is 2.08 bits per heavy atom. The third-order valence-corrected chi connectivity index (χ3v) is 4.37. The van der Waals surface area contributed by atoms with Crippen LogP contribution >= 0.6 is 23.2 Å². The lowest BCUT2D eigenvalue weighted by Crippen LogP contribution is -2.26. The molecule has 1 amide bonds. The zero-order valence-corrected chi connectivity index (χ0v) is 15.2. The highest BCUT2D eigenvalue weighted by atomic mass is 35.5. The molecule has 0 unspecified atom stereocenters. The Morgan fingerprint density at radius 1 is 1.31 bits per heavy atom. The molecule has 1 aliphatic heterocycles. The second kappa shape index (κ2) is 8.37. The second-order valence-corrected chi connectivity index (χ2v) is 6.54. The quantitative estimate of drug-likeness (QED) is 0.848. The number of nitriles is 1. The Morgan fingerprint density at radius 3 is 2.77 bits per heavy atom. The minimum Gasteiger partial charge on any atom is -0.473 e. The van der Waals surface area contributed by atoms with Crippen LogP contribution in [0.15, 0.2) is 30.5 Å². The largest absolute Gasteiger partial charge is 0.473 e. The van der Waals surface area contributed by atoms with E-state index < -0.39 is 5.91 Å². The van der Waals surface area contributed by atoms with Crippen LogP contribution in [0.5, 0.6) is 5.88 Å². The molecule has 1 N–H and O–H groups in total. The fraction of sp³-hybridized carbons (Fsp3) is 0.278. The lowest BCUT2D eigenvalue weighted by molar-refractivity contribution is 0.0238. The standard InChI is InChI=1S/C18H15Cl2N3O3/c19-13-2-1-11(9-21)16(8-13)23-17(24)12-7-15(20)18(22-10-12)26-14-3-5-25-6-4-14/h1-2,7-8,10,14H,3-6H2,(H,23,24). The SMILES string of the molecule is N#Cc1ccc(Cl)cc1NC(=O)c1cnc(OC2CCOCC2)c(Cl)c1. The number of halogens is 2. The van der Waals surface area contributed by atoms with Crippen LogP contribution in [-0.2, 0) is 4.74 Å². The molecule has 1 saturated heterocycles. The first-order valence-electron chi connectivity index (χ1n) is 7.98. The van der Waals surface area contributed by atoms with E-state index in [0.717, 1.165) is 12.8 Å². The molecule has 0 aliphatic carbocycles. The number of pyridine rings is 1. The molecule has 0 radical (unpaired) electrons. The van der Waals surface area contributed by atoms with Crippen molar-refractivity contribution in [2.24, 2.45) is 0 Å². The molecule has 1 aromatic carbocycles. The van der Waals surface area contributed by atoms with Crippen molar-refractivity contribution < 1.29 is 14.3 Å². The minimum atomic E-state index is -0.448. The zero-order valence-electron chi connectivity index (χ0n) is 13.7.